The van der Waals surface area contributed by atoms with Gasteiger partial charge in [0.25, 0.3) is 0 Å². The molecule has 1 atom stereocenters. The Balaban J connectivity index is 3.10. The molecule has 0 saturated heterocycles. The van der Waals surface area contributed by atoms with E-state index >= 15 is 0 Å². The summed E-state index contributed by atoms with van der Waals surface area (Å²) in [5.41, 5.74) is -0.129. The molecule has 1 heterocycles. The summed E-state index contributed by atoms with van der Waals surface area (Å²) in [6.45, 7) is 1.73. The number of nitriles is 1. The second kappa shape index (κ2) is 3.76. The zero-order valence-corrected chi connectivity index (χ0v) is 7.15. The van der Waals surface area contributed by atoms with E-state index in [1.54, 1.807) is 6.92 Å². The lowest BCUT2D eigenvalue weighted by atomic mass is 10.0. The molecule has 1 unspecified atom stereocenters. The number of nitrogens with zero attached hydrogens (tertiary/aromatic N) is 1. The minimum atomic E-state index is -0.464. The smallest absolute Gasteiger partial charge is 0.229 e. The van der Waals surface area contributed by atoms with Crippen molar-refractivity contribution in [2.45, 2.75) is 19.3 Å². The summed E-state index contributed by atoms with van der Waals surface area (Å²) in [4.78, 5) is 11.3. The molecular weight excluding hydrogens is 170 g/mol. The van der Waals surface area contributed by atoms with Gasteiger partial charge in [-0.1, -0.05) is 6.92 Å². The topological polar surface area (TPSA) is 74.2 Å². The average Bonchev–Trinajstić information content (AvgIpc) is 2.10. The van der Waals surface area contributed by atoms with Gasteiger partial charge >= 0.3 is 0 Å². The van der Waals surface area contributed by atoms with Crippen molar-refractivity contribution in [3.63, 3.8) is 0 Å². The number of aromatic hydroxyl groups is 1. The van der Waals surface area contributed by atoms with Crippen molar-refractivity contribution in [2.24, 2.45) is 0 Å². The van der Waals surface area contributed by atoms with Gasteiger partial charge in [-0.25, -0.2) is 0 Å². The maximum absolute atomic E-state index is 11.3. The maximum atomic E-state index is 11.3. The Hall–Kier alpha value is -1.76. The Morgan fingerprint density at radius 2 is 2.38 bits per heavy atom. The molecule has 4 nitrogen and oxygen atoms in total. The summed E-state index contributed by atoms with van der Waals surface area (Å²) in [5, 5.41) is 17.4. The standard InChI is InChI=1S/C9H9NO3/c1-6(2-3-10)7-4-13-5-8(11)9(7)12/h4-6,11H,2H2,1H3. The van der Waals surface area contributed by atoms with E-state index in [0.717, 1.165) is 6.26 Å². The van der Waals surface area contributed by atoms with Crippen LogP contribution in [0.3, 0.4) is 0 Å². The Labute approximate surface area is 75.0 Å². The minimum absolute atomic E-state index is 0.214. The highest BCUT2D eigenvalue weighted by atomic mass is 16.3. The highest BCUT2D eigenvalue weighted by Crippen LogP contribution is 2.16. The van der Waals surface area contributed by atoms with Gasteiger partial charge in [0.15, 0.2) is 5.75 Å². The average molecular weight is 179 g/mol. The largest absolute Gasteiger partial charge is 0.502 e. The number of hydrogen-bond donors (Lipinski definition) is 1. The molecule has 1 N–H and O–H groups in total. The van der Waals surface area contributed by atoms with Gasteiger partial charge in [0.05, 0.1) is 12.3 Å². The van der Waals surface area contributed by atoms with E-state index in [2.05, 4.69) is 0 Å². The lowest BCUT2D eigenvalue weighted by Crippen LogP contribution is -2.10. The van der Waals surface area contributed by atoms with E-state index in [0.29, 0.717) is 5.56 Å². The second-order valence-corrected chi connectivity index (χ2v) is 2.80. The first kappa shape index (κ1) is 9.33. The van der Waals surface area contributed by atoms with Gasteiger partial charge in [0.2, 0.25) is 5.43 Å². The van der Waals surface area contributed by atoms with E-state index in [1.165, 1.54) is 6.26 Å². The molecule has 0 aliphatic rings. The van der Waals surface area contributed by atoms with Crippen LogP contribution in [0.1, 0.15) is 24.8 Å². The zero-order valence-electron chi connectivity index (χ0n) is 7.15. The van der Waals surface area contributed by atoms with Crippen molar-refractivity contribution >= 4 is 0 Å². The van der Waals surface area contributed by atoms with Crippen LogP contribution >= 0.6 is 0 Å². The molecule has 1 rings (SSSR count). The van der Waals surface area contributed by atoms with Crippen molar-refractivity contribution in [3.8, 4) is 11.8 Å². The molecule has 0 aliphatic carbocycles. The summed E-state index contributed by atoms with van der Waals surface area (Å²) in [7, 11) is 0. The van der Waals surface area contributed by atoms with Gasteiger partial charge in [0, 0.05) is 17.9 Å². The van der Waals surface area contributed by atoms with Crippen molar-refractivity contribution in [3.05, 3.63) is 28.3 Å². The lowest BCUT2D eigenvalue weighted by molar-refractivity contribution is 0.423. The van der Waals surface area contributed by atoms with E-state index in [4.69, 9.17) is 14.8 Å². The van der Waals surface area contributed by atoms with E-state index in [1.807, 2.05) is 6.07 Å². The SMILES string of the molecule is CC(CC#N)c1cocc(O)c1=O. The van der Waals surface area contributed by atoms with E-state index < -0.39 is 11.2 Å². The zero-order chi connectivity index (χ0) is 9.84. The molecule has 13 heavy (non-hydrogen) atoms. The normalized spacial score (nSPS) is 12.0. The molecule has 0 spiro atoms. The van der Waals surface area contributed by atoms with Gasteiger partial charge in [-0.15, -0.1) is 0 Å². The third kappa shape index (κ3) is 1.88. The van der Waals surface area contributed by atoms with Crippen molar-refractivity contribution < 1.29 is 9.52 Å². The fraction of sp³-hybridized carbons (Fsp3) is 0.333. The molecule has 0 radical (unpaired) electrons. The number of hydrogen-bond acceptors (Lipinski definition) is 4. The first-order valence-electron chi connectivity index (χ1n) is 3.83. The maximum Gasteiger partial charge on any atom is 0.229 e. The Bertz CT molecular complexity index is 389. The monoisotopic (exact) mass is 179 g/mol. The van der Waals surface area contributed by atoms with Gasteiger partial charge in [-0.3, -0.25) is 4.79 Å². The second-order valence-electron chi connectivity index (χ2n) is 2.80. The molecule has 4 heteroatoms. The van der Waals surface area contributed by atoms with Crippen LogP contribution in [-0.4, -0.2) is 5.11 Å². The first-order chi connectivity index (χ1) is 6.16. The molecule has 1 aromatic heterocycles. The Morgan fingerprint density at radius 1 is 1.69 bits per heavy atom. The van der Waals surface area contributed by atoms with Crippen LogP contribution in [0.15, 0.2) is 21.7 Å². The molecular formula is C9H9NO3. The first-order valence-corrected chi connectivity index (χ1v) is 3.83. The predicted octanol–water partition coefficient (Wildman–Crippen LogP) is 1.36. The van der Waals surface area contributed by atoms with Crippen molar-refractivity contribution in [2.75, 3.05) is 0 Å². The van der Waals surface area contributed by atoms with Crippen LogP contribution in [0.2, 0.25) is 0 Å². The molecule has 0 saturated carbocycles. The summed E-state index contributed by atoms with van der Waals surface area (Å²) < 4.78 is 4.73. The van der Waals surface area contributed by atoms with Crippen LogP contribution in [0, 0.1) is 11.3 Å². The minimum Gasteiger partial charge on any atom is -0.502 e. The fourth-order valence-corrected chi connectivity index (χ4v) is 1.01. The van der Waals surface area contributed by atoms with Crippen molar-refractivity contribution in [1.29, 1.82) is 5.26 Å². The third-order valence-corrected chi connectivity index (χ3v) is 1.80. The predicted molar refractivity (Wildman–Crippen MR) is 45.3 cm³/mol. The summed E-state index contributed by atoms with van der Waals surface area (Å²) in [6.07, 6.45) is 2.48. The van der Waals surface area contributed by atoms with Crippen LogP contribution in [0.5, 0.6) is 5.75 Å². The van der Waals surface area contributed by atoms with E-state index in [9.17, 15) is 4.79 Å². The van der Waals surface area contributed by atoms with Gasteiger partial charge in [-0.2, -0.15) is 5.26 Å². The van der Waals surface area contributed by atoms with Crippen LogP contribution in [-0.2, 0) is 0 Å². The molecule has 0 aliphatic heterocycles. The molecule has 1 aromatic rings. The molecule has 68 valence electrons. The molecule has 0 bridgehead atoms. The van der Waals surface area contributed by atoms with Gasteiger partial charge in [0.1, 0.15) is 6.26 Å². The summed E-state index contributed by atoms with van der Waals surface area (Å²) >= 11 is 0. The molecule has 0 fully saturated rings. The van der Waals surface area contributed by atoms with Crippen molar-refractivity contribution in [1.82, 2.24) is 0 Å². The third-order valence-electron chi connectivity index (χ3n) is 1.80. The molecule has 0 amide bonds. The highest BCUT2D eigenvalue weighted by molar-refractivity contribution is 5.23. The van der Waals surface area contributed by atoms with Crippen LogP contribution in [0.4, 0.5) is 0 Å². The van der Waals surface area contributed by atoms with Crippen LogP contribution in [0.25, 0.3) is 0 Å². The Kier molecular flexibility index (Phi) is 2.70. The highest BCUT2D eigenvalue weighted by Gasteiger charge is 2.12. The van der Waals surface area contributed by atoms with Gasteiger partial charge in [-0.05, 0) is 0 Å². The van der Waals surface area contributed by atoms with Crippen LogP contribution < -0.4 is 5.43 Å². The lowest BCUT2D eigenvalue weighted by Gasteiger charge is -2.04. The van der Waals surface area contributed by atoms with Gasteiger partial charge < -0.3 is 9.52 Å². The summed E-state index contributed by atoms with van der Waals surface area (Å²) in [6, 6.07) is 1.95. The number of rotatable bonds is 2. The molecule has 0 aromatic carbocycles. The summed E-state index contributed by atoms with van der Waals surface area (Å²) in [5.74, 6) is -0.629. The van der Waals surface area contributed by atoms with E-state index in [-0.39, 0.29) is 12.3 Å². The quantitative estimate of drug-likeness (QED) is 0.743. The fourth-order valence-electron chi connectivity index (χ4n) is 1.01. The Morgan fingerprint density at radius 3 is 3.00 bits per heavy atom.